The van der Waals surface area contributed by atoms with Crippen LogP contribution in [0.15, 0.2) is 23.0 Å². The van der Waals surface area contributed by atoms with Crippen molar-refractivity contribution in [3.05, 3.63) is 18.0 Å². The summed E-state index contributed by atoms with van der Waals surface area (Å²) in [6.45, 7) is 1.94. The van der Waals surface area contributed by atoms with Crippen molar-refractivity contribution in [2.75, 3.05) is 0 Å². The second kappa shape index (κ2) is 2.99. The first-order valence-electron chi connectivity index (χ1n) is 3.12. The zero-order chi connectivity index (χ0) is 7.40. The molecule has 0 fully saturated rings. The van der Waals surface area contributed by atoms with Gasteiger partial charge >= 0.3 is 0 Å². The summed E-state index contributed by atoms with van der Waals surface area (Å²) >= 11 is 0. The quantitative estimate of drug-likeness (QED) is 0.563. The minimum atomic E-state index is -0.134. The van der Waals surface area contributed by atoms with E-state index < -0.39 is 0 Å². The van der Waals surface area contributed by atoms with Gasteiger partial charge < -0.3 is 5.32 Å². The van der Waals surface area contributed by atoms with E-state index in [4.69, 9.17) is 0 Å². The van der Waals surface area contributed by atoms with Crippen LogP contribution in [0.4, 0.5) is 0 Å². The predicted molar refractivity (Wildman–Crippen MR) is 38.5 cm³/mol. The highest BCUT2D eigenvalue weighted by molar-refractivity contribution is 5.90. The van der Waals surface area contributed by atoms with E-state index in [2.05, 4.69) is 16.2 Å². The van der Waals surface area contributed by atoms with Crippen molar-refractivity contribution in [1.29, 1.82) is 0 Å². The molecule has 0 atom stereocenters. The molecule has 0 saturated heterocycles. The normalized spacial score (nSPS) is 16.1. The van der Waals surface area contributed by atoms with Crippen LogP contribution >= 0.6 is 0 Å². The molecule has 0 aliphatic carbocycles. The van der Waals surface area contributed by atoms with Crippen LogP contribution in [0.2, 0.25) is 0 Å². The Balaban J connectivity index is 2.87. The van der Waals surface area contributed by atoms with Crippen LogP contribution < -0.4 is 5.32 Å². The van der Waals surface area contributed by atoms with Crippen molar-refractivity contribution >= 4 is 11.8 Å². The number of aliphatic imine (C=N–C) groups is 1. The highest BCUT2D eigenvalue weighted by Gasteiger charge is 1.97. The average molecular weight is 136 g/mol. The lowest BCUT2D eigenvalue weighted by Gasteiger charge is -1.90. The summed E-state index contributed by atoms with van der Waals surface area (Å²) in [7, 11) is 0. The van der Waals surface area contributed by atoms with E-state index in [-0.39, 0.29) is 5.91 Å². The van der Waals surface area contributed by atoms with Crippen LogP contribution in [-0.4, -0.2) is 11.8 Å². The first-order chi connectivity index (χ1) is 4.83. The monoisotopic (exact) mass is 136 g/mol. The van der Waals surface area contributed by atoms with Crippen molar-refractivity contribution in [2.24, 2.45) is 4.99 Å². The van der Waals surface area contributed by atoms with E-state index in [9.17, 15) is 4.79 Å². The Morgan fingerprint density at radius 2 is 2.60 bits per heavy atom. The Bertz CT molecular complexity index is 234. The van der Waals surface area contributed by atoms with Crippen LogP contribution in [0.1, 0.15) is 13.3 Å². The molecule has 1 amide bonds. The standard InChI is InChI=1S/C7H8N2O/c1-2-6-5-7(10)9-4-3-8-6/h4-5H,2H2,1H3,(H,9,10). The number of nitrogens with zero attached hydrogens (tertiary/aromatic N) is 1. The average Bonchev–Trinajstić information content (AvgIpc) is 2.13. The highest BCUT2D eigenvalue weighted by Crippen LogP contribution is 2.01. The van der Waals surface area contributed by atoms with Crippen molar-refractivity contribution in [3.8, 4) is 0 Å². The zero-order valence-electron chi connectivity index (χ0n) is 5.72. The summed E-state index contributed by atoms with van der Waals surface area (Å²) in [5.41, 5.74) is 0.756. The van der Waals surface area contributed by atoms with Gasteiger partial charge in [-0.2, -0.15) is 0 Å². The molecule has 1 N–H and O–H groups in total. The highest BCUT2D eigenvalue weighted by atomic mass is 16.1. The van der Waals surface area contributed by atoms with Gasteiger partial charge in [-0.3, -0.25) is 4.79 Å². The molecule has 1 aliphatic rings. The maximum atomic E-state index is 10.7. The van der Waals surface area contributed by atoms with Gasteiger partial charge in [-0.05, 0) is 6.42 Å². The van der Waals surface area contributed by atoms with Crippen LogP contribution in [0.3, 0.4) is 0 Å². The van der Waals surface area contributed by atoms with Gasteiger partial charge in [0.2, 0.25) is 5.91 Å². The summed E-state index contributed by atoms with van der Waals surface area (Å²) in [6, 6.07) is 0. The molecule has 3 nitrogen and oxygen atoms in total. The molecule has 0 spiro atoms. The molecule has 0 saturated carbocycles. The summed E-state index contributed by atoms with van der Waals surface area (Å²) in [5, 5.41) is 2.46. The third-order valence-corrected chi connectivity index (χ3v) is 1.15. The number of nitrogens with one attached hydrogen (secondary N) is 1. The number of hydrogen-bond acceptors (Lipinski definition) is 2. The first-order valence-corrected chi connectivity index (χ1v) is 3.12. The lowest BCUT2D eigenvalue weighted by Crippen LogP contribution is -2.12. The predicted octanol–water partition coefficient (Wildman–Crippen LogP) is 0.593. The van der Waals surface area contributed by atoms with Gasteiger partial charge in [0.25, 0.3) is 0 Å². The fourth-order valence-corrected chi connectivity index (χ4v) is 0.625. The van der Waals surface area contributed by atoms with Crippen LogP contribution in [-0.2, 0) is 4.79 Å². The molecule has 3 heteroatoms. The number of carbonyl (C=O) groups excluding carboxylic acids is 1. The Hall–Kier alpha value is -1.34. The van der Waals surface area contributed by atoms with Crippen molar-refractivity contribution in [2.45, 2.75) is 13.3 Å². The molecule has 52 valence electrons. The Morgan fingerprint density at radius 1 is 1.80 bits per heavy atom. The Labute approximate surface area is 59.2 Å². The molecule has 0 aromatic carbocycles. The molecular weight excluding hydrogens is 128 g/mol. The largest absolute Gasteiger partial charge is 0.321 e. The lowest BCUT2D eigenvalue weighted by molar-refractivity contribution is -0.115. The third kappa shape index (κ3) is 1.57. The molecule has 0 aromatic heterocycles. The Kier molecular flexibility index (Phi) is 2.03. The van der Waals surface area contributed by atoms with E-state index in [1.54, 1.807) is 0 Å². The fraction of sp³-hybridized carbons (Fsp3) is 0.286. The molecular formula is C7H8N2O. The van der Waals surface area contributed by atoms with Crippen molar-refractivity contribution in [3.63, 3.8) is 0 Å². The minimum Gasteiger partial charge on any atom is -0.321 e. The molecule has 1 heterocycles. The van der Waals surface area contributed by atoms with E-state index in [1.165, 1.54) is 12.3 Å². The molecule has 0 unspecified atom stereocenters. The molecule has 0 radical (unpaired) electrons. The van der Waals surface area contributed by atoms with Crippen LogP contribution in [0, 0.1) is 0 Å². The maximum Gasteiger partial charge on any atom is 0.250 e. The third-order valence-electron chi connectivity index (χ3n) is 1.15. The molecule has 1 aliphatic heterocycles. The lowest BCUT2D eigenvalue weighted by atomic mass is 10.3. The second-order valence-electron chi connectivity index (χ2n) is 1.88. The number of amides is 1. The fourth-order valence-electron chi connectivity index (χ4n) is 0.625. The maximum absolute atomic E-state index is 10.7. The van der Waals surface area contributed by atoms with E-state index in [0.717, 1.165) is 12.1 Å². The smallest absolute Gasteiger partial charge is 0.250 e. The molecule has 0 aromatic rings. The summed E-state index contributed by atoms with van der Waals surface area (Å²) in [4.78, 5) is 14.6. The van der Waals surface area contributed by atoms with Crippen LogP contribution in [0.5, 0.6) is 0 Å². The van der Waals surface area contributed by atoms with Gasteiger partial charge in [0.05, 0.1) is 11.9 Å². The van der Waals surface area contributed by atoms with Gasteiger partial charge in [0.15, 0.2) is 0 Å². The van der Waals surface area contributed by atoms with E-state index >= 15 is 0 Å². The molecule has 10 heavy (non-hydrogen) atoms. The topological polar surface area (TPSA) is 41.5 Å². The summed E-state index contributed by atoms with van der Waals surface area (Å²) < 4.78 is 0. The summed E-state index contributed by atoms with van der Waals surface area (Å²) in [5.74, 6) is 2.44. The SMILES string of the molecule is CCC1=CC(=O)NC=C=N1. The summed E-state index contributed by atoms with van der Waals surface area (Å²) in [6.07, 6.45) is 3.63. The number of rotatable bonds is 1. The zero-order valence-corrected chi connectivity index (χ0v) is 5.72. The van der Waals surface area contributed by atoms with Gasteiger partial charge in [-0.15, -0.1) is 0 Å². The Morgan fingerprint density at radius 3 is 3.30 bits per heavy atom. The van der Waals surface area contributed by atoms with Crippen molar-refractivity contribution in [1.82, 2.24) is 5.32 Å². The van der Waals surface area contributed by atoms with Gasteiger partial charge in [0.1, 0.15) is 0 Å². The minimum absolute atomic E-state index is 0.134. The van der Waals surface area contributed by atoms with Crippen molar-refractivity contribution < 1.29 is 4.79 Å². The molecule has 1 rings (SSSR count). The number of carbonyl (C=O) groups is 1. The van der Waals surface area contributed by atoms with E-state index in [1.807, 2.05) is 6.92 Å². The van der Waals surface area contributed by atoms with E-state index in [0.29, 0.717) is 0 Å². The second-order valence-corrected chi connectivity index (χ2v) is 1.88. The molecule has 0 bridgehead atoms. The number of hydrogen-bond donors (Lipinski definition) is 1. The number of allylic oxidation sites excluding steroid dienone is 1. The van der Waals surface area contributed by atoms with Gasteiger partial charge in [0, 0.05) is 11.9 Å². The van der Waals surface area contributed by atoms with Gasteiger partial charge in [-0.1, -0.05) is 6.92 Å². The van der Waals surface area contributed by atoms with Crippen LogP contribution in [0.25, 0.3) is 0 Å². The first kappa shape index (κ1) is 6.78. The van der Waals surface area contributed by atoms with Gasteiger partial charge in [-0.25, -0.2) is 4.99 Å².